The van der Waals surface area contributed by atoms with Gasteiger partial charge in [0.1, 0.15) is 18.0 Å². The van der Waals surface area contributed by atoms with Crippen molar-refractivity contribution in [1.29, 1.82) is 0 Å². The molecular weight excluding hydrogens is 521 g/mol. The number of rotatable bonds is 7. The SMILES string of the molecule is CNC(=O)C1OC(n2cnc3c(NCc4ccccc4)nc(-c4ccc(OC(F)(F)F)cc4)nc32)C(O)C1O. The van der Waals surface area contributed by atoms with E-state index in [4.69, 9.17) is 4.74 Å². The van der Waals surface area contributed by atoms with E-state index < -0.39 is 42.6 Å². The number of likely N-dealkylation sites (N-methyl/N-ethyl adjacent to an activating group) is 1. The topological polar surface area (TPSA) is 144 Å². The molecule has 2 aromatic heterocycles. The first-order chi connectivity index (χ1) is 18.6. The fourth-order valence-corrected chi connectivity index (χ4v) is 4.19. The van der Waals surface area contributed by atoms with Crippen LogP contribution in [-0.4, -0.2) is 67.4 Å². The molecule has 1 amide bonds. The third-order valence-corrected chi connectivity index (χ3v) is 6.09. The number of aliphatic hydroxyl groups is 2. The number of hydrogen-bond acceptors (Lipinski definition) is 9. The Morgan fingerprint density at radius 1 is 1.08 bits per heavy atom. The summed E-state index contributed by atoms with van der Waals surface area (Å²) >= 11 is 0. The van der Waals surface area contributed by atoms with E-state index in [9.17, 15) is 28.2 Å². The average molecular weight is 544 g/mol. The standard InChI is InChI=1S/C25H23F3N6O5/c1-29-23(37)19-17(35)18(36)24(38-19)34-12-31-16-21(30-11-13-5-3-2-4-6-13)32-20(33-22(16)34)14-7-9-15(10-8-14)39-25(26,27)28/h2-10,12,17-19,24,35-36H,11H2,1H3,(H,29,37)(H,30,32,33). The number of benzene rings is 2. The highest BCUT2D eigenvalue weighted by Crippen LogP contribution is 2.34. The Morgan fingerprint density at radius 2 is 1.79 bits per heavy atom. The lowest BCUT2D eigenvalue weighted by Gasteiger charge is -2.17. The maximum absolute atomic E-state index is 12.6. The summed E-state index contributed by atoms with van der Waals surface area (Å²) in [5.74, 6) is -0.579. The molecule has 0 saturated carbocycles. The average Bonchev–Trinajstić information content (AvgIpc) is 3.47. The Kier molecular flexibility index (Phi) is 7.08. The number of imidazole rings is 1. The van der Waals surface area contributed by atoms with E-state index in [0.29, 0.717) is 23.4 Å². The van der Waals surface area contributed by atoms with Crippen LogP contribution < -0.4 is 15.4 Å². The van der Waals surface area contributed by atoms with Crippen molar-refractivity contribution < 1.29 is 37.7 Å². The second-order valence-electron chi connectivity index (χ2n) is 8.67. The Labute approximate surface area is 219 Å². The number of fused-ring (bicyclic) bond motifs is 1. The van der Waals surface area contributed by atoms with Gasteiger partial charge in [0.2, 0.25) is 0 Å². The molecule has 4 unspecified atom stereocenters. The number of hydrogen-bond donors (Lipinski definition) is 4. The minimum absolute atomic E-state index is 0.134. The Bertz CT molecular complexity index is 1470. The number of carbonyl (C=O) groups excluding carboxylic acids is 1. The summed E-state index contributed by atoms with van der Waals surface area (Å²) in [6, 6.07) is 14.5. The van der Waals surface area contributed by atoms with E-state index in [0.717, 1.165) is 17.7 Å². The zero-order valence-corrected chi connectivity index (χ0v) is 20.3. The normalized spacial score (nSPS) is 21.2. The molecule has 5 rings (SSSR count). The predicted molar refractivity (Wildman–Crippen MR) is 131 cm³/mol. The summed E-state index contributed by atoms with van der Waals surface area (Å²) in [6.07, 6.45) is -9.03. The fraction of sp³-hybridized carbons (Fsp3) is 0.280. The molecule has 1 saturated heterocycles. The van der Waals surface area contributed by atoms with Gasteiger partial charge < -0.3 is 30.3 Å². The summed E-state index contributed by atoms with van der Waals surface area (Å²) < 4.78 is 48.8. The van der Waals surface area contributed by atoms with Crippen LogP contribution >= 0.6 is 0 Å². The molecular formula is C25H23F3N6O5. The van der Waals surface area contributed by atoms with Crippen LogP contribution in [-0.2, 0) is 16.1 Å². The lowest BCUT2D eigenvalue weighted by atomic mass is 10.1. The predicted octanol–water partition coefficient (Wildman–Crippen LogP) is 2.37. The van der Waals surface area contributed by atoms with Gasteiger partial charge >= 0.3 is 6.36 Å². The number of carbonyl (C=O) groups is 1. The fourth-order valence-electron chi connectivity index (χ4n) is 4.19. The van der Waals surface area contributed by atoms with Crippen molar-refractivity contribution >= 4 is 22.9 Å². The van der Waals surface area contributed by atoms with Crippen LogP contribution in [0.4, 0.5) is 19.0 Å². The molecule has 4 aromatic rings. The number of alkyl halides is 3. The van der Waals surface area contributed by atoms with E-state index in [-0.39, 0.29) is 11.5 Å². The van der Waals surface area contributed by atoms with Crippen LogP contribution in [0.3, 0.4) is 0 Å². The monoisotopic (exact) mass is 544 g/mol. The van der Waals surface area contributed by atoms with E-state index in [1.807, 2.05) is 30.3 Å². The van der Waals surface area contributed by atoms with Gasteiger partial charge in [-0.05, 0) is 29.8 Å². The Morgan fingerprint density at radius 3 is 2.46 bits per heavy atom. The zero-order valence-electron chi connectivity index (χ0n) is 20.3. The van der Waals surface area contributed by atoms with E-state index >= 15 is 0 Å². The molecule has 39 heavy (non-hydrogen) atoms. The molecule has 2 aromatic carbocycles. The van der Waals surface area contributed by atoms with Gasteiger partial charge in [-0.3, -0.25) is 9.36 Å². The number of amides is 1. The van der Waals surface area contributed by atoms with Crippen molar-refractivity contribution in [2.75, 3.05) is 12.4 Å². The Balaban J connectivity index is 1.55. The second kappa shape index (κ2) is 10.5. The molecule has 0 radical (unpaired) electrons. The van der Waals surface area contributed by atoms with Gasteiger partial charge in [-0.1, -0.05) is 30.3 Å². The van der Waals surface area contributed by atoms with E-state index in [1.54, 1.807) is 0 Å². The third kappa shape index (κ3) is 5.48. The zero-order chi connectivity index (χ0) is 27.7. The van der Waals surface area contributed by atoms with Crippen molar-refractivity contribution in [3.8, 4) is 17.1 Å². The summed E-state index contributed by atoms with van der Waals surface area (Å²) in [6.45, 7) is 0.373. The molecule has 4 atom stereocenters. The molecule has 11 nitrogen and oxygen atoms in total. The Hall–Kier alpha value is -4.27. The molecule has 0 bridgehead atoms. The minimum atomic E-state index is -4.84. The van der Waals surface area contributed by atoms with Crippen LogP contribution in [0.2, 0.25) is 0 Å². The third-order valence-electron chi connectivity index (χ3n) is 6.09. The number of nitrogens with one attached hydrogen (secondary N) is 2. The lowest BCUT2D eigenvalue weighted by molar-refractivity contribution is -0.274. The van der Waals surface area contributed by atoms with Gasteiger partial charge in [0.25, 0.3) is 5.91 Å². The van der Waals surface area contributed by atoms with Crippen LogP contribution in [0, 0.1) is 0 Å². The van der Waals surface area contributed by atoms with Crippen LogP contribution in [0.15, 0.2) is 60.9 Å². The smallest absolute Gasteiger partial charge is 0.406 e. The first-order valence-electron chi connectivity index (χ1n) is 11.8. The summed E-state index contributed by atoms with van der Waals surface area (Å²) in [5, 5.41) is 26.6. The maximum atomic E-state index is 12.6. The van der Waals surface area contributed by atoms with Gasteiger partial charge in [0, 0.05) is 19.2 Å². The number of ether oxygens (including phenoxy) is 2. The van der Waals surface area contributed by atoms with Crippen LogP contribution in [0.1, 0.15) is 11.8 Å². The molecule has 14 heteroatoms. The van der Waals surface area contributed by atoms with Crippen LogP contribution in [0.5, 0.6) is 5.75 Å². The van der Waals surface area contributed by atoms with E-state index in [2.05, 4.69) is 30.3 Å². The number of anilines is 1. The second-order valence-corrected chi connectivity index (χ2v) is 8.67. The molecule has 1 aliphatic heterocycles. The number of halogens is 3. The molecule has 0 aliphatic carbocycles. The molecule has 4 N–H and O–H groups in total. The van der Waals surface area contributed by atoms with Crippen molar-refractivity contribution in [2.45, 2.75) is 37.4 Å². The summed E-state index contributed by atoms with van der Waals surface area (Å²) in [4.78, 5) is 25.6. The molecule has 0 spiro atoms. The van der Waals surface area contributed by atoms with Gasteiger partial charge in [-0.15, -0.1) is 13.2 Å². The van der Waals surface area contributed by atoms with Crippen molar-refractivity contribution in [1.82, 2.24) is 24.8 Å². The van der Waals surface area contributed by atoms with Crippen LogP contribution in [0.25, 0.3) is 22.6 Å². The number of aliphatic hydroxyl groups excluding tert-OH is 2. The van der Waals surface area contributed by atoms with E-state index in [1.165, 1.54) is 30.1 Å². The highest BCUT2D eigenvalue weighted by atomic mass is 19.4. The van der Waals surface area contributed by atoms with Gasteiger partial charge in [-0.2, -0.15) is 0 Å². The highest BCUT2D eigenvalue weighted by Gasteiger charge is 2.47. The van der Waals surface area contributed by atoms with Crippen molar-refractivity contribution in [3.05, 3.63) is 66.5 Å². The maximum Gasteiger partial charge on any atom is 0.573 e. The van der Waals surface area contributed by atoms with Crippen molar-refractivity contribution in [3.63, 3.8) is 0 Å². The van der Waals surface area contributed by atoms with Gasteiger partial charge in [0.15, 0.2) is 35.1 Å². The summed E-state index contributed by atoms with van der Waals surface area (Å²) in [5.41, 5.74) is 1.82. The largest absolute Gasteiger partial charge is 0.573 e. The van der Waals surface area contributed by atoms with Gasteiger partial charge in [0.05, 0.1) is 6.33 Å². The van der Waals surface area contributed by atoms with Crippen molar-refractivity contribution in [2.24, 2.45) is 0 Å². The molecule has 204 valence electrons. The molecule has 1 aliphatic rings. The number of nitrogens with zero attached hydrogens (tertiary/aromatic N) is 4. The quantitative estimate of drug-likeness (QED) is 0.276. The first kappa shape index (κ1) is 26.3. The highest BCUT2D eigenvalue weighted by molar-refractivity contribution is 5.85. The number of aromatic nitrogens is 4. The summed E-state index contributed by atoms with van der Waals surface area (Å²) in [7, 11) is 1.37. The first-order valence-corrected chi connectivity index (χ1v) is 11.8. The molecule has 3 heterocycles. The minimum Gasteiger partial charge on any atom is -0.406 e. The molecule has 1 fully saturated rings. The van der Waals surface area contributed by atoms with Gasteiger partial charge in [-0.25, -0.2) is 15.0 Å². The lowest BCUT2D eigenvalue weighted by Crippen LogP contribution is -2.41.